The molecule has 1 atom stereocenters. The molecule has 4 heteroatoms. The molecule has 0 aliphatic rings. The van der Waals surface area contributed by atoms with Crippen molar-refractivity contribution in [3.8, 4) is 5.75 Å². The van der Waals surface area contributed by atoms with Crippen LogP contribution in [0.1, 0.15) is 18.1 Å². The first-order chi connectivity index (χ1) is 8.96. The van der Waals surface area contributed by atoms with Crippen molar-refractivity contribution in [3.63, 3.8) is 0 Å². The van der Waals surface area contributed by atoms with Gasteiger partial charge in [0.25, 0.3) is 0 Å². The Morgan fingerprint density at radius 3 is 2.47 bits per heavy atom. The van der Waals surface area contributed by atoms with Gasteiger partial charge < -0.3 is 10.5 Å². The first-order valence-electron chi connectivity index (χ1n) is 5.84. The van der Waals surface area contributed by atoms with Gasteiger partial charge in [-0.1, -0.05) is 29.8 Å². The van der Waals surface area contributed by atoms with Crippen molar-refractivity contribution in [2.24, 2.45) is 5.73 Å². The standard InChI is InChI=1S/C15H15ClFNO/c1-15(18,11-5-3-4-6-13(11)17)12-9-10(16)7-8-14(12)19-2/h3-9H,18H2,1-2H3. The van der Waals surface area contributed by atoms with E-state index in [2.05, 4.69) is 0 Å². The molecule has 0 heterocycles. The van der Waals surface area contributed by atoms with Crippen molar-refractivity contribution in [2.75, 3.05) is 7.11 Å². The van der Waals surface area contributed by atoms with E-state index in [1.165, 1.54) is 6.07 Å². The zero-order valence-electron chi connectivity index (χ0n) is 10.8. The number of nitrogens with two attached hydrogens (primary N) is 1. The largest absolute Gasteiger partial charge is 0.496 e. The Labute approximate surface area is 117 Å². The summed E-state index contributed by atoms with van der Waals surface area (Å²) in [6.45, 7) is 1.74. The SMILES string of the molecule is COc1ccc(Cl)cc1C(C)(N)c1ccccc1F. The molecule has 0 saturated carbocycles. The summed E-state index contributed by atoms with van der Waals surface area (Å²) in [5.41, 5.74) is 6.35. The van der Waals surface area contributed by atoms with Crippen molar-refractivity contribution in [1.82, 2.24) is 0 Å². The summed E-state index contributed by atoms with van der Waals surface area (Å²) in [5, 5.41) is 0.531. The van der Waals surface area contributed by atoms with E-state index < -0.39 is 5.54 Å². The van der Waals surface area contributed by atoms with E-state index in [0.717, 1.165) is 0 Å². The zero-order valence-corrected chi connectivity index (χ0v) is 11.5. The van der Waals surface area contributed by atoms with Crippen molar-refractivity contribution >= 4 is 11.6 Å². The van der Waals surface area contributed by atoms with Gasteiger partial charge in [-0.25, -0.2) is 4.39 Å². The second-order valence-corrected chi connectivity index (χ2v) is 4.96. The summed E-state index contributed by atoms with van der Waals surface area (Å²) >= 11 is 6.00. The lowest BCUT2D eigenvalue weighted by Gasteiger charge is -2.28. The molecule has 2 rings (SSSR count). The normalized spacial score (nSPS) is 13.9. The van der Waals surface area contributed by atoms with Crippen LogP contribution in [0.4, 0.5) is 4.39 Å². The molecule has 2 nitrogen and oxygen atoms in total. The van der Waals surface area contributed by atoms with Crippen molar-refractivity contribution < 1.29 is 9.13 Å². The van der Waals surface area contributed by atoms with E-state index in [-0.39, 0.29) is 5.82 Å². The topological polar surface area (TPSA) is 35.2 Å². The molecule has 0 fully saturated rings. The third kappa shape index (κ3) is 2.57. The van der Waals surface area contributed by atoms with Crippen LogP contribution in [-0.4, -0.2) is 7.11 Å². The average molecular weight is 280 g/mol. The summed E-state index contributed by atoms with van der Waals surface area (Å²) < 4.78 is 19.2. The molecule has 0 radical (unpaired) electrons. The average Bonchev–Trinajstić information content (AvgIpc) is 2.39. The Hall–Kier alpha value is -1.58. The Bertz CT molecular complexity index is 598. The predicted molar refractivity (Wildman–Crippen MR) is 75.0 cm³/mol. The summed E-state index contributed by atoms with van der Waals surface area (Å²) in [6, 6.07) is 11.6. The number of benzene rings is 2. The summed E-state index contributed by atoms with van der Waals surface area (Å²) in [6.07, 6.45) is 0. The van der Waals surface area contributed by atoms with E-state index in [1.807, 2.05) is 0 Å². The zero-order chi connectivity index (χ0) is 14.0. The minimum absolute atomic E-state index is 0.352. The monoisotopic (exact) mass is 279 g/mol. The summed E-state index contributed by atoms with van der Waals surface area (Å²) in [4.78, 5) is 0. The van der Waals surface area contributed by atoms with Crippen molar-refractivity contribution in [3.05, 3.63) is 64.4 Å². The molecule has 0 bridgehead atoms. The molecular formula is C15H15ClFNO. The molecule has 2 aromatic carbocycles. The van der Waals surface area contributed by atoms with Crippen LogP contribution < -0.4 is 10.5 Å². The Morgan fingerprint density at radius 2 is 1.84 bits per heavy atom. The molecule has 0 aromatic heterocycles. The molecule has 2 N–H and O–H groups in total. The predicted octanol–water partition coefficient (Wildman–Crippen LogP) is 3.71. The fraction of sp³-hybridized carbons (Fsp3) is 0.200. The minimum atomic E-state index is -1.03. The number of ether oxygens (including phenoxy) is 1. The van der Waals surface area contributed by atoms with Gasteiger partial charge in [0.15, 0.2) is 0 Å². The number of hydrogen-bond donors (Lipinski definition) is 1. The number of halogens is 2. The summed E-state index contributed by atoms with van der Waals surface area (Å²) in [5.74, 6) is 0.229. The van der Waals surface area contributed by atoms with Gasteiger partial charge in [-0.05, 0) is 31.2 Å². The number of methoxy groups -OCH3 is 1. The highest BCUT2D eigenvalue weighted by molar-refractivity contribution is 6.30. The van der Waals surface area contributed by atoms with Crippen LogP contribution >= 0.6 is 11.6 Å². The first kappa shape index (κ1) is 13.8. The number of hydrogen-bond acceptors (Lipinski definition) is 2. The highest BCUT2D eigenvalue weighted by Crippen LogP contribution is 2.36. The van der Waals surface area contributed by atoms with E-state index >= 15 is 0 Å². The maximum absolute atomic E-state index is 14.0. The maximum Gasteiger partial charge on any atom is 0.128 e. The smallest absolute Gasteiger partial charge is 0.128 e. The lowest BCUT2D eigenvalue weighted by Crippen LogP contribution is -2.35. The van der Waals surface area contributed by atoms with Crippen molar-refractivity contribution in [1.29, 1.82) is 0 Å². The van der Waals surface area contributed by atoms with E-state index in [4.69, 9.17) is 22.1 Å². The molecule has 19 heavy (non-hydrogen) atoms. The van der Waals surface area contributed by atoms with Gasteiger partial charge in [-0.15, -0.1) is 0 Å². The summed E-state index contributed by atoms with van der Waals surface area (Å²) in [7, 11) is 1.55. The maximum atomic E-state index is 14.0. The molecule has 0 amide bonds. The Morgan fingerprint density at radius 1 is 1.16 bits per heavy atom. The van der Waals surface area contributed by atoms with Gasteiger partial charge in [0, 0.05) is 16.1 Å². The van der Waals surface area contributed by atoms with E-state index in [1.54, 1.807) is 50.4 Å². The van der Waals surface area contributed by atoms with Crippen molar-refractivity contribution in [2.45, 2.75) is 12.5 Å². The fourth-order valence-corrected chi connectivity index (χ4v) is 2.29. The van der Waals surface area contributed by atoms with Gasteiger partial charge in [-0.3, -0.25) is 0 Å². The second-order valence-electron chi connectivity index (χ2n) is 4.53. The molecule has 2 aromatic rings. The molecular weight excluding hydrogens is 265 g/mol. The van der Waals surface area contributed by atoms with Gasteiger partial charge in [0.05, 0.1) is 12.6 Å². The Kier molecular flexibility index (Phi) is 3.78. The Balaban J connectivity index is 2.62. The quantitative estimate of drug-likeness (QED) is 0.929. The molecule has 100 valence electrons. The number of rotatable bonds is 3. The van der Waals surface area contributed by atoms with Crippen LogP contribution in [0.25, 0.3) is 0 Å². The van der Waals surface area contributed by atoms with Crippen LogP contribution in [0.15, 0.2) is 42.5 Å². The van der Waals surface area contributed by atoms with Crippen LogP contribution in [0.2, 0.25) is 5.02 Å². The van der Waals surface area contributed by atoms with Gasteiger partial charge in [0.1, 0.15) is 11.6 Å². The lowest BCUT2D eigenvalue weighted by molar-refractivity contribution is 0.396. The third-order valence-electron chi connectivity index (χ3n) is 3.15. The lowest BCUT2D eigenvalue weighted by atomic mass is 9.85. The molecule has 0 aliphatic carbocycles. The molecule has 1 unspecified atom stereocenters. The van der Waals surface area contributed by atoms with Gasteiger partial charge >= 0.3 is 0 Å². The first-order valence-corrected chi connectivity index (χ1v) is 6.22. The highest BCUT2D eigenvalue weighted by atomic mass is 35.5. The van der Waals surface area contributed by atoms with Crippen LogP contribution in [0.3, 0.4) is 0 Å². The molecule has 0 spiro atoms. The fourth-order valence-electron chi connectivity index (χ4n) is 2.11. The van der Waals surface area contributed by atoms with Crippen LogP contribution in [-0.2, 0) is 5.54 Å². The van der Waals surface area contributed by atoms with E-state index in [9.17, 15) is 4.39 Å². The van der Waals surface area contributed by atoms with Crippen LogP contribution in [0.5, 0.6) is 5.75 Å². The van der Waals surface area contributed by atoms with E-state index in [0.29, 0.717) is 21.9 Å². The van der Waals surface area contributed by atoms with Gasteiger partial charge in [0.2, 0.25) is 0 Å². The second kappa shape index (κ2) is 5.19. The molecule has 0 saturated heterocycles. The highest BCUT2D eigenvalue weighted by Gasteiger charge is 2.30. The third-order valence-corrected chi connectivity index (χ3v) is 3.39. The minimum Gasteiger partial charge on any atom is -0.496 e. The molecule has 0 aliphatic heterocycles. The van der Waals surface area contributed by atoms with Crippen LogP contribution in [0, 0.1) is 5.82 Å². The van der Waals surface area contributed by atoms with Gasteiger partial charge in [-0.2, -0.15) is 0 Å².